The van der Waals surface area contributed by atoms with E-state index in [0.717, 1.165) is 17.0 Å². The number of imidazole rings is 1. The minimum Gasteiger partial charge on any atom is -0.352 e. The predicted octanol–water partition coefficient (Wildman–Crippen LogP) is 3.64. The third-order valence-electron chi connectivity index (χ3n) is 3.78. The van der Waals surface area contributed by atoms with E-state index >= 15 is 0 Å². The zero-order valence-corrected chi connectivity index (χ0v) is 14.4. The highest BCUT2D eigenvalue weighted by Gasteiger charge is 2.14. The molecule has 2 aromatic heterocycles. The summed E-state index contributed by atoms with van der Waals surface area (Å²) in [6, 6.07) is 10.9. The van der Waals surface area contributed by atoms with Crippen LogP contribution in [0, 0.1) is 0 Å². The number of benzene rings is 1. The molecule has 124 valence electrons. The Morgan fingerprint density at radius 1 is 1.25 bits per heavy atom. The first-order valence-corrected chi connectivity index (χ1v) is 8.29. The van der Waals surface area contributed by atoms with Crippen molar-refractivity contribution in [2.24, 2.45) is 0 Å². The second kappa shape index (κ2) is 7.01. The number of amides is 1. The van der Waals surface area contributed by atoms with Crippen LogP contribution < -0.4 is 5.32 Å². The number of carbonyl (C=O) groups is 1. The zero-order valence-electron chi connectivity index (χ0n) is 13.7. The maximum absolute atomic E-state index is 12.1. The Morgan fingerprint density at radius 2 is 2.00 bits per heavy atom. The summed E-state index contributed by atoms with van der Waals surface area (Å²) in [6.07, 6.45) is 2.42. The third-order valence-corrected chi connectivity index (χ3v) is 4.03. The van der Waals surface area contributed by atoms with Crippen LogP contribution in [0.4, 0.5) is 0 Å². The van der Waals surface area contributed by atoms with Crippen molar-refractivity contribution in [2.45, 2.75) is 26.3 Å². The lowest BCUT2D eigenvalue weighted by atomic mass is 10.2. The molecule has 3 aromatic rings. The van der Waals surface area contributed by atoms with E-state index in [1.54, 1.807) is 30.5 Å². The van der Waals surface area contributed by atoms with Gasteiger partial charge >= 0.3 is 0 Å². The number of carbonyl (C=O) groups excluding carboxylic acids is 1. The molecular formula is C18H19ClN4O. The fraction of sp³-hybridized carbons (Fsp3) is 0.278. The van der Waals surface area contributed by atoms with Gasteiger partial charge in [0.15, 0.2) is 5.65 Å². The first-order chi connectivity index (χ1) is 11.6. The number of pyridine rings is 1. The number of nitrogens with one attached hydrogen (secondary N) is 1. The molecule has 1 amide bonds. The SMILES string of the molecule is CC(C)n1c(CCNC(=O)c2ccc(Cl)cc2)nc2cccnc21. The molecule has 0 fully saturated rings. The second-order valence-corrected chi connectivity index (χ2v) is 6.29. The van der Waals surface area contributed by atoms with Crippen LogP contribution in [0.15, 0.2) is 42.6 Å². The molecule has 0 aliphatic carbocycles. The topological polar surface area (TPSA) is 59.8 Å². The molecule has 0 bridgehead atoms. The lowest BCUT2D eigenvalue weighted by Gasteiger charge is -2.12. The molecule has 0 saturated heterocycles. The molecule has 2 heterocycles. The molecule has 0 radical (unpaired) electrons. The van der Waals surface area contributed by atoms with Crippen molar-refractivity contribution in [3.8, 4) is 0 Å². The lowest BCUT2D eigenvalue weighted by molar-refractivity contribution is 0.0954. The summed E-state index contributed by atoms with van der Waals surface area (Å²) in [7, 11) is 0. The summed E-state index contributed by atoms with van der Waals surface area (Å²) in [5.74, 6) is 0.812. The Morgan fingerprint density at radius 3 is 2.71 bits per heavy atom. The second-order valence-electron chi connectivity index (χ2n) is 5.85. The van der Waals surface area contributed by atoms with Gasteiger partial charge in [-0.1, -0.05) is 11.6 Å². The van der Waals surface area contributed by atoms with E-state index in [9.17, 15) is 4.79 Å². The van der Waals surface area contributed by atoms with Gasteiger partial charge in [0.05, 0.1) is 0 Å². The van der Waals surface area contributed by atoms with Gasteiger partial charge < -0.3 is 9.88 Å². The van der Waals surface area contributed by atoms with Gasteiger partial charge in [0, 0.05) is 35.8 Å². The van der Waals surface area contributed by atoms with E-state index in [4.69, 9.17) is 11.6 Å². The number of halogens is 1. The summed E-state index contributed by atoms with van der Waals surface area (Å²) in [5, 5.41) is 3.54. The minimum absolute atomic E-state index is 0.114. The van der Waals surface area contributed by atoms with Crippen LogP contribution in [0.5, 0.6) is 0 Å². The van der Waals surface area contributed by atoms with Crippen molar-refractivity contribution in [1.82, 2.24) is 19.9 Å². The summed E-state index contributed by atoms with van der Waals surface area (Å²) >= 11 is 5.84. The Balaban J connectivity index is 1.70. The van der Waals surface area contributed by atoms with Gasteiger partial charge in [0.2, 0.25) is 0 Å². The average Bonchev–Trinajstić information content (AvgIpc) is 2.93. The third kappa shape index (κ3) is 3.41. The molecular weight excluding hydrogens is 324 g/mol. The molecule has 0 spiro atoms. The quantitative estimate of drug-likeness (QED) is 0.770. The number of nitrogens with zero attached hydrogens (tertiary/aromatic N) is 3. The van der Waals surface area contributed by atoms with Crippen LogP contribution in [0.2, 0.25) is 5.02 Å². The fourth-order valence-corrected chi connectivity index (χ4v) is 2.81. The van der Waals surface area contributed by atoms with Crippen LogP contribution in [0.25, 0.3) is 11.2 Å². The van der Waals surface area contributed by atoms with Crippen molar-refractivity contribution in [2.75, 3.05) is 6.54 Å². The van der Waals surface area contributed by atoms with Crippen molar-refractivity contribution in [1.29, 1.82) is 0 Å². The van der Waals surface area contributed by atoms with E-state index in [1.165, 1.54) is 0 Å². The highest BCUT2D eigenvalue weighted by atomic mass is 35.5. The maximum Gasteiger partial charge on any atom is 0.251 e. The van der Waals surface area contributed by atoms with E-state index in [1.807, 2.05) is 12.1 Å². The number of rotatable bonds is 5. The van der Waals surface area contributed by atoms with Crippen molar-refractivity contribution in [3.05, 3.63) is 59.0 Å². The van der Waals surface area contributed by atoms with Crippen LogP contribution >= 0.6 is 11.6 Å². The van der Waals surface area contributed by atoms with Crippen molar-refractivity contribution >= 4 is 28.7 Å². The molecule has 0 aliphatic heterocycles. The van der Waals surface area contributed by atoms with E-state index in [0.29, 0.717) is 23.6 Å². The largest absolute Gasteiger partial charge is 0.352 e. The molecule has 24 heavy (non-hydrogen) atoms. The van der Waals surface area contributed by atoms with E-state index < -0.39 is 0 Å². The van der Waals surface area contributed by atoms with Gasteiger partial charge in [0.1, 0.15) is 11.3 Å². The predicted molar refractivity (Wildman–Crippen MR) is 95.4 cm³/mol. The molecule has 6 heteroatoms. The number of hydrogen-bond donors (Lipinski definition) is 1. The normalized spacial score (nSPS) is 11.2. The van der Waals surface area contributed by atoms with Gasteiger partial charge in [0.25, 0.3) is 5.91 Å². The van der Waals surface area contributed by atoms with Gasteiger partial charge in [-0.05, 0) is 50.2 Å². The van der Waals surface area contributed by atoms with Crippen LogP contribution in [0.3, 0.4) is 0 Å². The number of fused-ring (bicyclic) bond motifs is 1. The lowest BCUT2D eigenvalue weighted by Crippen LogP contribution is -2.26. The standard InChI is InChI=1S/C18H19ClN4O/c1-12(2)23-16(22-15-4-3-10-20-17(15)23)9-11-21-18(24)13-5-7-14(19)8-6-13/h3-8,10,12H,9,11H2,1-2H3,(H,21,24). The minimum atomic E-state index is -0.114. The summed E-state index contributed by atoms with van der Waals surface area (Å²) in [5.41, 5.74) is 2.36. The molecule has 1 N–H and O–H groups in total. The Kier molecular flexibility index (Phi) is 4.81. The highest BCUT2D eigenvalue weighted by molar-refractivity contribution is 6.30. The molecule has 3 rings (SSSR count). The van der Waals surface area contributed by atoms with Gasteiger partial charge in [-0.25, -0.2) is 9.97 Å². The number of hydrogen-bond acceptors (Lipinski definition) is 3. The molecule has 0 unspecified atom stereocenters. The van der Waals surface area contributed by atoms with Crippen LogP contribution in [-0.2, 0) is 6.42 Å². The Bertz CT molecular complexity index is 855. The molecule has 1 aromatic carbocycles. The molecule has 0 aliphatic rings. The summed E-state index contributed by atoms with van der Waals surface area (Å²) < 4.78 is 2.11. The number of aromatic nitrogens is 3. The molecule has 5 nitrogen and oxygen atoms in total. The smallest absolute Gasteiger partial charge is 0.251 e. The summed E-state index contributed by atoms with van der Waals surface area (Å²) in [4.78, 5) is 21.2. The van der Waals surface area contributed by atoms with Crippen LogP contribution in [0.1, 0.15) is 36.1 Å². The van der Waals surface area contributed by atoms with Gasteiger partial charge in [-0.3, -0.25) is 4.79 Å². The maximum atomic E-state index is 12.1. The van der Waals surface area contributed by atoms with Crippen molar-refractivity contribution in [3.63, 3.8) is 0 Å². The Labute approximate surface area is 145 Å². The van der Waals surface area contributed by atoms with Gasteiger partial charge in [-0.15, -0.1) is 0 Å². The van der Waals surface area contributed by atoms with E-state index in [2.05, 4.69) is 33.7 Å². The van der Waals surface area contributed by atoms with Gasteiger partial charge in [-0.2, -0.15) is 0 Å². The first-order valence-electron chi connectivity index (χ1n) is 7.92. The monoisotopic (exact) mass is 342 g/mol. The Hall–Kier alpha value is -2.40. The molecule has 0 saturated carbocycles. The van der Waals surface area contributed by atoms with E-state index in [-0.39, 0.29) is 11.9 Å². The zero-order chi connectivity index (χ0) is 17.1. The highest BCUT2D eigenvalue weighted by Crippen LogP contribution is 2.19. The van der Waals surface area contributed by atoms with Crippen LogP contribution in [-0.4, -0.2) is 27.0 Å². The average molecular weight is 343 g/mol. The van der Waals surface area contributed by atoms with Crippen molar-refractivity contribution < 1.29 is 4.79 Å². The summed E-state index contributed by atoms with van der Waals surface area (Å²) in [6.45, 7) is 4.72. The molecule has 0 atom stereocenters. The fourth-order valence-electron chi connectivity index (χ4n) is 2.69. The first kappa shape index (κ1) is 16.5.